The van der Waals surface area contributed by atoms with Gasteiger partial charge in [0.15, 0.2) is 11.5 Å². The molecule has 7 nitrogen and oxygen atoms in total. The van der Waals surface area contributed by atoms with Gasteiger partial charge in [0, 0.05) is 19.4 Å². The Morgan fingerprint density at radius 2 is 1.92 bits per heavy atom. The number of carbonyl (C=O) groups is 2. The number of benzene rings is 1. The minimum Gasteiger partial charge on any atom is -0.504 e. The van der Waals surface area contributed by atoms with E-state index in [2.05, 4.69) is 0 Å². The second-order valence-corrected chi connectivity index (χ2v) is 5.76. The van der Waals surface area contributed by atoms with Gasteiger partial charge < -0.3 is 24.1 Å². The van der Waals surface area contributed by atoms with Crippen LogP contribution in [-0.2, 0) is 23.8 Å². The van der Waals surface area contributed by atoms with Crippen LogP contribution in [0.1, 0.15) is 31.1 Å². The third-order valence-electron chi connectivity index (χ3n) is 3.69. The van der Waals surface area contributed by atoms with Crippen molar-refractivity contribution in [1.82, 2.24) is 0 Å². The summed E-state index contributed by atoms with van der Waals surface area (Å²) in [6, 6.07) is 3.49. The maximum absolute atomic E-state index is 11.3. The second kappa shape index (κ2) is 8.02. The van der Waals surface area contributed by atoms with Crippen LogP contribution in [0.5, 0.6) is 11.5 Å². The minimum atomic E-state index is -0.686. The van der Waals surface area contributed by atoms with E-state index in [9.17, 15) is 14.7 Å². The van der Waals surface area contributed by atoms with Gasteiger partial charge in [-0.15, -0.1) is 0 Å². The van der Waals surface area contributed by atoms with Crippen LogP contribution in [0.15, 0.2) is 24.3 Å². The second-order valence-electron chi connectivity index (χ2n) is 5.76. The number of aromatic hydroxyl groups is 1. The molecular weight excluding hydrogens is 328 g/mol. The molecule has 0 saturated carbocycles. The van der Waals surface area contributed by atoms with Gasteiger partial charge in [-0.1, -0.05) is 6.08 Å². The predicted molar refractivity (Wildman–Crippen MR) is 88.3 cm³/mol. The highest BCUT2D eigenvalue weighted by Crippen LogP contribution is 2.39. The van der Waals surface area contributed by atoms with E-state index in [1.165, 1.54) is 21.0 Å². The number of hydrogen-bond acceptors (Lipinski definition) is 7. The summed E-state index contributed by atoms with van der Waals surface area (Å²) in [6.45, 7) is 4.38. The standard InChI is InChI=1S/C18H22O7/c1-10-7-13(18(21)16(8-10)22-4)14-5-6-15(24-12(3)20)17(25-14)9-23-11(2)19/h5-8,14-15,17,21H,9H2,1-4H3/t14-,15-,17+/m0/s1. The van der Waals surface area contributed by atoms with E-state index in [1.807, 2.05) is 6.92 Å². The molecule has 7 heteroatoms. The monoisotopic (exact) mass is 350 g/mol. The topological polar surface area (TPSA) is 91.3 Å². The van der Waals surface area contributed by atoms with Crippen molar-refractivity contribution >= 4 is 11.9 Å². The molecule has 0 saturated heterocycles. The number of phenolic OH excluding ortho intramolecular Hbond substituents is 1. The maximum atomic E-state index is 11.3. The van der Waals surface area contributed by atoms with Crippen LogP contribution in [0.3, 0.4) is 0 Å². The van der Waals surface area contributed by atoms with Gasteiger partial charge in [0.1, 0.15) is 24.9 Å². The molecule has 1 aromatic rings. The lowest BCUT2D eigenvalue weighted by Gasteiger charge is -2.32. The third-order valence-corrected chi connectivity index (χ3v) is 3.69. The molecule has 1 N–H and O–H groups in total. The summed E-state index contributed by atoms with van der Waals surface area (Å²) in [5, 5.41) is 10.4. The van der Waals surface area contributed by atoms with Gasteiger partial charge in [0.05, 0.1) is 7.11 Å². The van der Waals surface area contributed by atoms with Crippen molar-refractivity contribution in [2.24, 2.45) is 0 Å². The highest BCUT2D eigenvalue weighted by Gasteiger charge is 2.32. The molecule has 25 heavy (non-hydrogen) atoms. The van der Waals surface area contributed by atoms with Gasteiger partial charge in [0.2, 0.25) is 0 Å². The smallest absolute Gasteiger partial charge is 0.303 e. The van der Waals surface area contributed by atoms with E-state index >= 15 is 0 Å². The molecule has 0 bridgehead atoms. The fourth-order valence-electron chi connectivity index (χ4n) is 2.61. The molecule has 0 spiro atoms. The van der Waals surface area contributed by atoms with E-state index in [0.717, 1.165) is 5.56 Å². The van der Waals surface area contributed by atoms with E-state index in [-0.39, 0.29) is 12.4 Å². The summed E-state index contributed by atoms with van der Waals surface area (Å²) in [5.41, 5.74) is 1.41. The lowest BCUT2D eigenvalue weighted by atomic mass is 10.00. The lowest BCUT2D eigenvalue weighted by Crippen LogP contribution is -2.39. The Morgan fingerprint density at radius 1 is 1.20 bits per heavy atom. The van der Waals surface area contributed by atoms with E-state index in [4.69, 9.17) is 18.9 Å². The summed E-state index contributed by atoms with van der Waals surface area (Å²) in [6.07, 6.45) is 1.39. The summed E-state index contributed by atoms with van der Waals surface area (Å²) in [7, 11) is 1.47. The van der Waals surface area contributed by atoms with Crippen molar-refractivity contribution in [3.8, 4) is 11.5 Å². The van der Waals surface area contributed by atoms with Crippen LogP contribution in [0.2, 0.25) is 0 Å². The molecule has 0 aromatic heterocycles. The first-order chi connectivity index (χ1) is 11.8. The number of methoxy groups -OCH3 is 1. The number of esters is 2. The molecule has 2 rings (SSSR count). The summed E-state index contributed by atoms with van der Waals surface area (Å²) < 4.78 is 21.3. The minimum absolute atomic E-state index is 0.0278. The zero-order chi connectivity index (χ0) is 18.6. The molecule has 1 heterocycles. The molecule has 0 radical (unpaired) electrons. The van der Waals surface area contributed by atoms with Gasteiger partial charge in [-0.3, -0.25) is 9.59 Å². The van der Waals surface area contributed by atoms with Crippen molar-refractivity contribution in [2.45, 2.75) is 39.1 Å². The van der Waals surface area contributed by atoms with Crippen LogP contribution < -0.4 is 4.74 Å². The Morgan fingerprint density at radius 3 is 2.52 bits per heavy atom. The van der Waals surface area contributed by atoms with Crippen LogP contribution in [0, 0.1) is 6.92 Å². The first-order valence-corrected chi connectivity index (χ1v) is 7.83. The van der Waals surface area contributed by atoms with Crippen molar-refractivity contribution in [3.63, 3.8) is 0 Å². The summed E-state index contributed by atoms with van der Waals surface area (Å²) >= 11 is 0. The first-order valence-electron chi connectivity index (χ1n) is 7.83. The number of rotatable bonds is 5. The highest BCUT2D eigenvalue weighted by atomic mass is 16.6. The van der Waals surface area contributed by atoms with Crippen molar-refractivity contribution in [1.29, 1.82) is 0 Å². The number of carbonyl (C=O) groups excluding carboxylic acids is 2. The van der Waals surface area contributed by atoms with Crippen molar-refractivity contribution < 1.29 is 33.6 Å². The van der Waals surface area contributed by atoms with Crippen LogP contribution in [0.4, 0.5) is 0 Å². The molecule has 0 aliphatic carbocycles. The Hall–Kier alpha value is -2.54. The Labute approximate surface area is 146 Å². The average molecular weight is 350 g/mol. The normalized spacial score (nSPS) is 22.3. The zero-order valence-electron chi connectivity index (χ0n) is 14.6. The fourth-order valence-corrected chi connectivity index (χ4v) is 2.61. The molecule has 3 atom stereocenters. The number of aryl methyl sites for hydroxylation is 1. The van der Waals surface area contributed by atoms with Gasteiger partial charge in [-0.25, -0.2) is 0 Å². The summed E-state index contributed by atoms with van der Waals surface area (Å²) in [5.74, 6) is -0.619. The molecule has 0 unspecified atom stereocenters. The molecule has 1 aliphatic rings. The van der Waals surface area contributed by atoms with Gasteiger partial charge >= 0.3 is 11.9 Å². The molecule has 1 aliphatic heterocycles. The quantitative estimate of drug-likeness (QED) is 0.643. The van der Waals surface area contributed by atoms with E-state index < -0.39 is 30.3 Å². The Kier molecular flexibility index (Phi) is 6.03. The highest BCUT2D eigenvalue weighted by molar-refractivity contribution is 5.67. The number of ether oxygens (including phenoxy) is 4. The summed E-state index contributed by atoms with van der Waals surface area (Å²) in [4.78, 5) is 22.3. The predicted octanol–water partition coefficient (Wildman–Crippen LogP) is 2.20. The molecule has 1 aromatic carbocycles. The van der Waals surface area contributed by atoms with Crippen LogP contribution in [0.25, 0.3) is 0 Å². The maximum Gasteiger partial charge on any atom is 0.303 e. The average Bonchev–Trinajstić information content (AvgIpc) is 2.55. The molecule has 0 fully saturated rings. The first kappa shape index (κ1) is 18.8. The Bertz CT molecular complexity index is 680. The van der Waals surface area contributed by atoms with Gasteiger partial charge in [-0.05, 0) is 30.7 Å². The van der Waals surface area contributed by atoms with Crippen LogP contribution in [-0.4, -0.2) is 43.0 Å². The zero-order valence-corrected chi connectivity index (χ0v) is 14.6. The SMILES string of the molecule is COc1cc(C)cc([C@@H]2C=C[C@H](OC(C)=O)[C@@H](COC(C)=O)O2)c1O. The molecular formula is C18H22O7. The van der Waals surface area contributed by atoms with Gasteiger partial charge in [0.25, 0.3) is 0 Å². The van der Waals surface area contributed by atoms with Crippen LogP contribution >= 0.6 is 0 Å². The molecule has 0 amide bonds. The number of hydrogen-bond donors (Lipinski definition) is 1. The molecule has 136 valence electrons. The Balaban J connectivity index is 2.30. The third kappa shape index (κ3) is 4.73. The number of phenols is 1. The largest absolute Gasteiger partial charge is 0.504 e. The van der Waals surface area contributed by atoms with E-state index in [0.29, 0.717) is 11.3 Å². The van der Waals surface area contributed by atoms with Gasteiger partial charge in [-0.2, -0.15) is 0 Å². The fraction of sp³-hybridized carbons (Fsp3) is 0.444. The van der Waals surface area contributed by atoms with Crippen molar-refractivity contribution in [2.75, 3.05) is 13.7 Å². The van der Waals surface area contributed by atoms with E-state index in [1.54, 1.807) is 24.3 Å². The lowest BCUT2D eigenvalue weighted by molar-refractivity contribution is -0.163. The van der Waals surface area contributed by atoms with Crippen molar-refractivity contribution in [3.05, 3.63) is 35.4 Å².